The molecule has 0 amide bonds. The summed E-state index contributed by atoms with van der Waals surface area (Å²) in [6, 6.07) is 8.09. The number of hydrogen-bond donors (Lipinski definition) is 0. The summed E-state index contributed by atoms with van der Waals surface area (Å²) < 4.78 is 17.3. The Balaban J connectivity index is 0.000000157. The number of hydrogen-bond acceptors (Lipinski definition) is 10. The molecule has 0 N–H and O–H groups in total. The van der Waals surface area contributed by atoms with E-state index in [0.717, 1.165) is 101 Å². The molecule has 0 unspecified atom stereocenters. The second kappa shape index (κ2) is 16.5. The number of carbonyl (C=O) groups is 1. The van der Waals surface area contributed by atoms with Crippen molar-refractivity contribution >= 4 is 66.3 Å². The van der Waals surface area contributed by atoms with Crippen LogP contribution in [0, 0.1) is 11.8 Å². The van der Waals surface area contributed by atoms with E-state index < -0.39 is 5.97 Å². The standard InChI is InChI=1S/C23H26N6O3.C21H23BrN6O/c1-14(2)7-9-27-20(26-17-10-15(22(30)32-3)11-25-21(17)27)13-28-19-12-24-8-6-18(19)29(23(28)31)16-4-5-16;1-13(2)6-8-26-19(25-16-9-14(22)10-24-20(16)26)12-27-18-11-23-7-5-17(18)28(21(27)29)15-3-4-15/h6,8,10-12,14,16H,4-5,7,9,13H2,1-3H3;5,7,9-11,13,15H,3-4,6,8,12H2,1-2H3. The fourth-order valence-corrected chi connectivity index (χ4v) is 8.34. The average molecular weight is 890 g/mol. The van der Waals surface area contributed by atoms with Gasteiger partial charge in [0.2, 0.25) is 0 Å². The molecule has 2 aliphatic rings. The zero-order valence-corrected chi connectivity index (χ0v) is 36.6. The van der Waals surface area contributed by atoms with E-state index in [-0.39, 0.29) is 17.4 Å². The lowest BCUT2D eigenvalue weighted by Crippen LogP contribution is -2.25. The van der Waals surface area contributed by atoms with Crippen molar-refractivity contribution in [3.05, 3.63) is 104 Å². The number of ether oxygens (including phenoxy) is 1. The quantitative estimate of drug-likeness (QED) is 0.107. The second-order valence-electron chi connectivity index (χ2n) is 16.9. The number of rotatable bonds is 13. The third-order valence-corrected chi connectivity index (χ3v) is 12.0. The fourth-order valence-electron chi connectivity index (χ4n) is 8.02. The van der Waals surface area contributed by atoms with Crippen molar-refractivity contribution in [2.75, 3.05) is 7.11 Å². The zero-order valence-electron chi connectivity index (χ0n) is 35.0. The summed E-state index contributed by atoms with van der Waals surface area (Å²) >= 11 is 3.49. The SMILES string of the molecule is CC(C)CCn1c(Cn2c(=O)n(C3CC3)c3ccncc32)nc2cc(Br)cnc21.COC(=O)c1cnc2c(c1)nc(Cn1c(=O)n(C3CC3)c3ccncc31)n2CCC(C)C. The van der Waals surface area contributed by atoms with Crippen LogP contribution in [0.2, 0.25) is 0 Å². The molecule has 0 aliphatic heterocycles. The van der Waals surface area contributed by atoms with Crippen molar-refractivity contribution in [3.8, 4) is 0 Å². The first-order valence-electron chi connectivity index (χ1n) is 21.0. The van der Waals surface area contributed by atoms with E-state index in [0.29, 0.717) is 47.7 Å². The summed E-state index contributed by atoms with van der Waals surface area (Å²) in [7, 11) is 1.34. The molecular formula is C44H49BrN12O4. The van der Waals surface area contributed by atoms with Crippen molar-refractivity contribution in [2.24, 2.45) is 11.8 Å². The van der Waals surface area contributed by atoms with Gasteiger partial charge in [0.05, 0.1) is 60.2 Å². The number of aromatic nitrogens is 12. The summed E-state index contributed by atoms with van der Waals surface area (Å²) in [5.74, 6) is 2.20. The van der Waals surface area contributed by atoms with Crippen molar-refractivity contribution in [1.82, 2.24) is 57.3 Å². The van der Waals surface area contributed by atoms with E-state index in [9.17, 15) is 14.4 Å². The van der Waals surface area contributed by atoms with Gasteiger partial charge >= 0.3 is 17.3 Å². The highest BCUT2D eigenvalue weighted by Gasteiger charge is 2.31. The van der Waals surface area contributed by atoms with Crippen LogP contribution in [0.4, 0.5) is 0 Å². The number of fused-ring (bicyclic) bond motifs is 4. The molecule has 0 aromatic carbocycles. The largest absolute Gasteiger partial charge is 0.465 e. The van der Waals surface area contributed by atoms with Crippen LogP contribution in [0.25, 0.3) is 44.4 Å². The van der Waals surface area contributed by atoms with Crippen LogP contribution in [0.15, 0.2) is 75.5 Å². The summed E-state index contributed by atoms with van der Waals surface area (Å²) in [6.45, 7) is 11.0. The van der Waals surface area contributed by atoms with Gasteiger partial charge < -0.3 is 13.9 Å². The molecular weight excluding hydrogens is 840 g/mol. The van der Waals surface area contributed by atoms with E-state index in [2.05, 4.69) is 72.7 Å². The third kappa shape index (κ3) is 7.90. The summed E-state index contributed by atoms with van der Waals surface area (Å²) in [6.07, 6.45) is 16.5. The maximum Gasteiger partial charge on any atom is 0.339 e. The van der Waals surface area contributed by atoms with Crippen LogP contribution in [0.5, 0.6) is 0 Å². The number of pyridine rings is 4. The van der Waals surface area contributed by atoms with Gasteiger partial charge in [-0.2, -0.15) is 0 Å². The molecule has 316 valence electrons. The normalized spacial score (nSPS) is 14.2. The lowest BCUT2D eigenvalue weighted by molar-refractivity contribution is 0.0600. The summed E-state index contributed by atoms with van der Waals surface area (Å²) in [5.41, 5.74) is 6.88. The minimum absolute atomic E-state index is 0.0205. The van der Waals surface area contributed by atoms with Crippen LogP contribution in [-0.4, -0.2) is 70.4 Å². The number of halogens is 1. The smallest absolute Gasteiger partial charge is 0.339 e. The Kier molecular flexibility index (Phi) is 10.9. The number of imidazole rings is 4. The Bertz CT molecular complexity index is 3050. The molecule has 2 saturated carbocycles. The van der Waals surface area contributed by atoms with Crippen LogP contribution >= 0.6 is 15.9 Å². The fraction of sp³-hybridized carbons (Fsp3) is 0.432. The average Bonchev–Trinajstić information content (AvgIpc) is 4.17. The number of carbonyl (C=O) groups excluding carboxylic acids is 1. The highest BCUT2D eigenvalue weighted by Crippen LogP contribution is 2.37. The van der Waals surface area contributed by atoms with Gasteiger partial charge in [-0.05, 0) is 90.6 Å². The topological polar surface area (TPSA) is 167 Å². The minimum atomic E-state index is -0.451. The molecule has 0 radical (unpaired) electrons. The van der Waals surface area contributed by atoms with Crippen LogP contribution < -0.4 is 11.4 Å². The van der Waals surface area contributed by atoms with E-state index in [1.165, 1.54) is 13.3 Å². The van der Waals surface area contributed by atoms with Gasteiger partial charge in [0.15, 0.2) is 11.3 Å². The summed E-state index contributed by atoms with van der Waals surface area (Å²) in [5, 5.41) is 0. The predicted molar refractivity (Wildman–Crippen MR) is 236 cm³/mol. The van der Waals surface area contributed by atoms with E-state index in [1.807, 2.05) is 31.9 Å². The van der Waals surface area contributed by atoms with Gasteiger partial charge in [-0.1, -0.05) is 27.7 Å². The predicted octanol–water partition coefficient (Wildman–Crippen LogP) is 7.29. The Labute approximate surface area is 359 Å². The van der Waals surface area contributed by atoms with Crippen molar-refractivity contribution in [1.29, 1.82) is 0 Å². The van der Waals surface area contributed by atoms with Gasteiger partial charge in [-0.25, -0.2) is 34.3 Å². The molecule has 16 nitrogen and oxygen atoms in total. The Morgan fingerprint density at radius 2 is 1.16 bits per heavy atom. The molecule has 0 bridgehead atoms. The van der Waals surface area contributed by atoms with Gasteiger partial charge in [-0.3, -0.25) is 28.2 Å². The molecule has 2 aliphatic carbocycles. The lowest BCUT2D eigenvalue weighted by Gasteiger charge is -2.11. The molecule has 0 saturated heterocycles. The summed E-state index contributed by atoms with van der Waals surface area (Å²) in [4.78, 5) is 65.8. The molecule has 61 heavy (non-hydrogen) atoms. The Hall–Kier alpha value is -5.97. The molecule has 0 atom stereocenters. The molecule has 8 aromatic heterocycles. The van der Waals surface area contributed by atoms with Gasteiger partial charge in [0, 0.05) is 54.4 Å². The minimum Gasteiger partial charge on any atom is -0.465 e. The molecule has 0 spiro atoms. The van der Waals surface area contributed by atoms with Crippen molar-refractivity contribution < 1.29 is 9.53 Å². The third-order valence-electron chi connectivity index (χ3n) is 11.5. The number of methoxy groups -OCH3 is 1. The van der Waals surface area contributed by atoms with Crippen LogP contribution in [0.3, 0.4) is 0 Å². The van der Waals surface area contributed by atoms with Crippen molar-refractivity contribution in [3.63, 3.8) is 0 Å². The van der Waals surface area contributed by atoms with E-state index >= 15 is 0 Å². The van der Waals surface area contributed by atoms with E-state index in [1.54, 1.807) is 41.6 Å². The number of esters is 1. The van der Waals surface area contributed by atoms with Gasteiger partial charge in [-0.15, -0.1) is 0 Å². The monoisotopic (exact) mass is 888 g/mol. The molecule has 10 rings (SSSR count). The maximum absolute atomic E-state index is 13.3. The highest BCUT2D eigenvalue weighted by molar-refractivity contribution is 9.10. The lowest BCUT2D eigenvalue weighted by atomic mass is 10.1. The molecule has 8 aromatic rings. The van der Waals surface area contributed by atoms with E-state index in [4.69, 9.17) is 14.7 Å². The zero-order chi connectivity index (χ0) is 42.5. The Morgan fingerprint density at radius 3 is 1.62 bits per heavy atom. The van der Waals surface area contributed by atoms with Gasteiger partial charge in [0.25, 0.3) is 0 Å². The highest BCUT2D eigenvalue weighted by atomic mass is 79.9. The maximum atomic E-state index is 13.3. The first kappa shape index (κ1) is 40.4. The first-order valence-corrected chi connectivity index (χ1v) is 21.8. The number of aryl methyl sites for hydroxylation is 2. The molecule has 8 heterocycles. The Morgan fingerprint density at radius 1 is 0.689 bits per heavy atom. The number of nitrogens with zero attached hydrogens (tertiary/aromatic N) is 12. The molecule has 2 fully saturated rings. The van der Waals surface area contributed by atoms with Crippen LogP contribution in [-0.2, 0) is 30.9 Å². The van der Waals surface area contributed by atoms with Crippen molar-refractivity contribution in [2.45, 2.75) is 104 Å². The molecule has 17 heteroatoms. The second-order valence-corrected chi connectivity index (χ2v) is 17.9. The van der Waals surface area contributed by atoms with Gasteiger partial charge in [0.1, 0.15) is 22.7 Å². The first-order chi connectivity index (χ1) is 29.5. The van der Waals surface area contributed by atoms with Crippen LogP contribution in [0.1, 0.15) is 100 Å².